The van der Waals surface area contributed by atoms with E-state index in [0.29, 0.717) is 28.8 Å². The second kappa shape index (κ2) is 11.6. The van der Waals surface area contributed by atoms with Crippen LogP contribution in [0.2, 0.25) is 5.02 Å². The summed E-state index contributed by atoms with van der Waals surface area (Å²) in [4.78, 5) is 22.2. The number of halogens is 1. The van der Waals surface area contributed by atoms with E-state index in [1.165, 1.54) is 26.0 Å². The van der Waals surface area contributed by atoms with Gasteiger partial charge in [0.05, 0.1) is 43.0 Å². The number of nitrogens with zero attached hydrogens (tertiary/aromatic N) is 2. The van der Waals surface area contributed by atoms with Crippen molar-refractivity contribution in [1.82, 2.24) is 0 Å². The smallest absolute Gasteiger partial charge is 0.234 e. The van der Waals surface area contributed by atoms with E-state index in [2.05, 4.69) is 12.2 Å². The minimum atomic E-state index is -0.586. The molecule has 0 bridgehead atoms. The summed E-state index contributed by atoms with van der Waals surface area (Å²) < 4.78 is 16.3. The molecule has 0 saturated carbocycles. The van der Waals surface area contributed by atoms with Crippen molar-refractivity contribution in [2.45, 2.75) is 39.3 Å². The average molecular weight is 504 g/mol. The van der Waals surface area contributed by atoms with E-state index in [4.69, 9.17) is 35.8 Å². The van der Waals surface area contributed by atoms with Crippen molar-refractivity contribution in [2.24, 2.45) is 9.98 Å². The van der Waals surface area contributed by atoms with E-state index in [1.54, 1.807) is 12.1 Å². The topological polar surface area (TPSA) is 81.5 Å². The molecule has 9 heteroatoms. The maximum absolute atomic E-state index is 12.7. The van der Waals surface area contributed by atoms with Crippen LogP contribution in [0, 0.1) is 0 Å². The highest BCUT2D eigenvalue weighted by Gasteiger charge is 2.28. The summed E-state index contributed by atoms with van der Waals surface area (Å²) in [7, 11) is 3.04. The average Bonchev–Trinajstić information content (AvgIpc) is 3.13. The number of ether oxygens (including phenoxy) is 3. The number of carbonyl (C=O) groups excluding carboxylic acids is 1. The molecule has 0 unspecified atom stereocenters. The number of anilines is 1. The normalized spacial score (nSPS) is 14.3. The lowest BCUT2D eigenvalue weighted by molar-refractivity contribution is -0.113. The first-order valence-electron chi connectivity index (χ1n) is 11.0. The molecule has 1 aliphatic heterocycles. The zero-order valence-electron chi connectivity index (χ0n) is 20.1. The van der Waals surface area contributed by atoms with E-state index in [0.717, 1.165) is 34.9 Å². The zero-order chi connectivity index (χ0) is 24.7. The fourth-order valence-electron chi connectivity index (χ4n) is 3.26. The van der Waals surface area contributed by atoms with Gasteiger partial charge < -0.3 is 19.5 Å². The first-order valence-corrected chi connectivity index (χ1v) is 12.4. The van der Waals surface area contributed by atoms with Gasteiger partial charge in [0, 0.05) is 11.6 Å². The maximum Gasteiger partial charge on any atom is 0.234 e. The quantitative estimate of drug-likeness (QED) is 0.411. The van der Waals surface area contributed by atoms with E-state index in [1.807, 2.05) is 38.1 Å². The molecular weight excluding hydrogens is 474 g/mol. The summed E-state index contributed by atoms with van der Waals surface area (Å²) in [6, 6.07) is 11.1. The molecule has 1 amide bonds. The van der Waals surface area contributed by atoms with E-state index >= 15 is 0 Å². The van der Waals surface area contributed by atoms with Crippen LogP contribution in [0.15, 0.2) is 46.4 Å². The van der Waals surface area contributed by atoms with E-state index in [-0.39, 0.29) is 11.7 Å². The van der Waals surface area contributed by atoms with Gasteiger partial charge in [0.1, 0.15) is 28.0 Å². The summed E-state index contributed by atoms with van der Waals surface area (Å²) in [5, 5.41) is 3.95. The molecule has 0 spiro atoms. The van der Waals surface area contributed by atoms with Gasteiger partial charge in [0.25, 0.3) is 0 Å². The molecule has 182 valence electrons. The fraction of sp³-hybridized carbons (Fsp3) is 0.400. The van der Waals surface area contributed by atoms with Crippen LogP contribution < -0.4 is 19.5 Å². The third-order valence-electron chi connectivity index (χ3n) is 4.95. The Labute approximate surface area is 209 Å². The lowest BCUT2D eigenvalue weighted by Crippen LogP contribution is -2.18. The predicted molar refractivity (Wildman–Crippen MR) is 141 cm³/mol. The monoisotopic (exact) mass is 503 g/mol. The summed E-state index contributed by atoms with van der Waals surface area (Å²) in [5.74, 6) is 1.70. The van der Waals surface area contributed by atoms with Crippen molar-refractivity contribution in [3.05, 3.63) is 47.0 Å². The number of hydrogen-bond donors (Lipinski definition) is 1. The first-order chi connectivity index (χ1) is 16.3. The first kappa shape index (κ1) is 25.9. The number of benzene rings is 2. The molecule has 1 heterocycles. The molecule has 0 radical (unpaired) electrons. The number of aliphatic imine (C=N–C) groups is 2. The molecule has 1 aliphatic rings. The van der Waals surface area contributed by atoms with Gasteiger partial charge in [-0.3, -0.25) is 9.79 Å². The largest absolute Gasteiger partial charge is 0.495 e. The molecule has 34 heavy (non-hydrogen) atoms. The second-order valence-electron chi connectivity index (χ2n) is 8.12. The number of amides is 1. The molecule has 0 atom stereocenters. The number of rotatable bonds is 10. The van der Waals surface area contributed by atoms with Gasteiger partial charge in [0.15, 0.2) is 0 Å². The number of carbonyl (C=O) groups is 1. The molecule has 2 aromatic carbocycles. The third-order valence-corrected chi connectivity index (χ3v) is 6.21. The SMILES string of the molecule is CCCCOc1ccc(C2=NC(C)(C)N=C2SCC(=O)Nc2cc(Cl)c(OC)cc2OC)cc1. The second-order valence-corrected chi connectivity index (χ2v) is 9.49. The van der Waals surface area contributed by atoms with Crippen molar-refractivity contribution >= 4 is 45.7 Å². The van der Waals surface area contributed by atoms with Gasteiger partial charge in [-0.2, -0.15) is 0 Å². The molecular formula is C25H30ClN3O4S. The summed E-state index contributed by atoms with van der Waals surface area (Å²) in [6.45, 7) is 6.71. The summed E-state index contributed by atoms with van der Waals surface area (Å²) >= 11 is 7.55. The van der Waals surface area contributed by atoms with Crippen molar-refractivity contribution in [1.29, 1.82) is 0 Å². The van der Waals surface area contributed by atoms with Crippen LogP contribution in [0.5, 0.6) is 17.2 Å². The number of methoxy groups -OCH3 is 2. The number of unbranched alkanes of at least 4 members (excludes halogenated alkanes) is 1. The Morgan fingerprint density at radius 3 is 2.44 bits per heavy atom. The van der Waals surface area contributed by atoms with Crippen molar-refractivity contribution in [2.75, 3.05) is 31.9 Å². The van der Waals surface area contributed by atoms with Crippen LogP contribution in [0.4, 0.5) is 5.69 Å². The Morgan fingerprint density at radius 1 is 1.09 bits per heavy atom. The van der Waals surface area contributed by atoms with Crippen LogP contribution in [0.1, 0.15) is 39.2 Å². The minimum Gasteiger partial charge on any atom is -0.495 e. The molecule has 7 nitrogen and oxygen atoms in total. The molecule has 0 aliphatic carbocycles. The van der Waals surface area contributed by atoms with Crippen LogP contribution in [0.25, 0.3) is 0 Å². The Morgan fingerprint density at radius 2 is 1.79 bits per heavy atom. The van der Waals surface area contributed by atoms with Gasteiger partial charge in [-0.25, -0.2) is 4.99 Å². The third kappa shape index (κ3) is 6.67. The van der Waals surface area contributed by atoms with Crippen LogP contribution in [0.3, 0.4) is 0 Å². The Balaban J connectivity index is 1.67. The van der Waals surface area contributed by atoms with Crippen molar-refractivity contribution in [3.8, 4) is 17.2 Å². The van der Waals surface area contributed by atoms with Crippen molar-refractivity contribution < 1.29 is 19.0 Å². The lowest BCUT2D eigenvalue weighted by atomic mass is 10.1. The number of thioether (sulfide) groups is 1. The van der Waals surface area contributed by atoms with Crippen LogP contribution in [-0.4, -0.2) is 48.9 Å². The van der Waals surface area contributed by atoms with E-state index < -0.39 is 5.66 Å². The molecule has 0 saturated heterocycles. The van der Waals surface area contributed by atoms with Gasteiger partial charge in [-0.15, -0.1) is 0 Å². The minimum absolute atomic E-state index is 0.152. The van der Waals surface area contributed by atoms with Crippen LogP contribution >= 0.6 is 23.4 Å². The predicted octanol–water partition coefficient (Wildman–Crippen LogP) is 5.85. The van der Waals surface area contributed by atoms with E-state index in [9.17, 15) is 4.79 Å². The Bertz CT molecular complexity index is 1080. The lowest BCUT2D eigenvalue weighted by Gasteiger charge is -2.13. The highest BCUT2D eigenvalue weighted by molar-refractivity contribution is 8.16. The number of nitrogens with one attached hydrogen (secondary N) is 1. The highest BCUT2D eigenvalue weighted by atomic mass is 35.5. The van der Waals surface area contributed by atoms with Crippen LogP contribution in [-0.2, 0) is 4.79 Å². The molecule has 0 aromatic heterocycles. The number of hydrogen-bond acceptors (Lipinski definition) is 7. The van der Waals surface area contributed by atoms with Gasteiger partial charge >= 0.3 is 0 Å². The standard InChI is InChI=1S/C25H30ClN3O4S/c1-6-7-12-33-17-10-8-16(9-11-17)23-24(29-25(2,3)28-23)34-15-22(30)27-19-13-18(26)20(31-4)14-21(19)32-5/h8-11,13-14H,6-7,12,15H2,1-5H3,(H,27,30). The zero-order valence-corrected chi connectivity index (χ0v) is 21.7. The van der Waals surface area contributed by atoms with Gasteiger partial charge in [-0.1, -0.05) is 36.7 Å². The van der Waals surface area contributed by atoms with Crippen molar-refractivity contribution in [3.63, 3.8) is 0 Å². The fourth-order valence-corrected chi connectivity index (χ4v) is 4.43. The maximum atomic E-state index is 12.7. The van der Waals surface area contributed by atoms with Gasteiger partial charge in [-0.05, 0) is 50.6 Å². The molecule has 1 N–H and O–H groups in total. The Kier molecular flexibility index (Phi) is 8.85. The summed E-state index contributed by atoms with van der Waals surface area (Å²) in [6.07, 6.45) is 2.11. The van der Waals surface area contributed by atoms with Gasteiger partial charge in [0.2, 0.25) is 5.91 Å². The molecule has 3 rings (SSSR count). The molecule has 2 aromatic rings. The highest BCUT2D eigenvalue weighted by Crippen LogP contribution is 2.36. The molecule has 0 fully saturated rings. The summed E-state index contributed by atoms with van der Waals surface area (Å²) in [5.41, 5.74) is 1.59. The Hall–Kier alpha value is -2.71.